The summed E-state index contributed by atoms with van der Waals surface area (Å²) >= 11 is 6.21. The van der Waals surface area contributed by atoms with Gasteiger partial charge in [0.05, 0.1) is 31.2 Å². The Morgan fingerprint density at radius 3 is 2.35 bits per heavy atom. The van der Waals surface area contributed by atoms with Crippen LogP contribution in [0.2, 0.25) is 5.02 Å². The molecule has 1 aliphatic heterocycles. The van der Waals surface area contributed by atoms with E-state index in [4.69, 9.17) is 21.1 Å². The molecule has 1 heterocycles. The number of rotatable bonds is 6. The lowest BCUT2D eigenvalue weighted by Gasteiger charge is -2.41. The summed E-state index contributed by atoms with van der Waals surface area (Å²) < 4.78 is 24.1. The van der Waals surface area contributed by atoms with E-state index < -0.39 is 17.8 Å². The van der Waals surface area contributed by atoms with Gasteiger partial charge in [-0.3, -0.25) is 9.59 Å². The van der Waals surface area contributed by atoms with E-state index in [1.165, 1.54) is 19.2 Å². The zero-order valence-electron chi connectivity index (χ0n) is 18.8. The Bertz CT molecular complexity index is 1180. The number of nitrogens with one attached hydrogen (secondary N) is 1. The number of nitrogens with zero attached hydrogens (tertiary/aromatic N) is 1. The molecule has 176 valence electrons. The number of hydrogen-bond donors (Lipinski definition) is 1. The van der Waals surface area contributed by atoms with Crippen LogP contribution in [0.5, 0.6) is 11.5 Å². The van der Waals surface area contributed by atoms with Crippen LogP contribution in [0.15, 0.2) is 66.7 Å². The lowest BCUT2D eigenvalue weighted by Crippen LogP contribution is -2.47. The monoisotopic (exact) mass is 482 g/mol. The molecule has 0 aromatic heterocycles. The van der Waals surface area contributed by atoms with E-state index >= 15 is 0 Å². The summed E-state index contributed by atoms with van der Waals surface area (Å²) in [5.41, 5.74) is 1.81. The van der Waals surface area contributed by atoms with E-state index in [-0.39, 0.29) is 18.2 Å². The van der Waals surface area contributed by atoms with Crippen LogP contribution in [-0.2, 0) is 9.59 Å². The molecule has 4 rings (SSSR count). The van der Waals surface area contributed by atoms with Gasteiger partial charge in [-0.2, -0.15) is 0 Å². The SMILES string of the molecule is COc1ccc(N2C(=O)CC[C@@H](C(=O)Nc3ccc(OC)c(Cl)c3)[C@H]2c2ccc(F)cc2)cc1. The molecular formula is C26H24ClFN2O4. The van der Waals surface area contributed by atoms with Gasteiger partial charge in [0, 0.05) is 17.8 Å². The third kappa shape index (κ3) is 4.84. The topological polar surface area (TPSA) is 67.9 Å². The number of methoxy groups -OCH3 is 2. The summed E-state index contributed by atoms with van der Waals surface area (Å²) in [6.07, 6.45) is 0.550. The second kappa shape index (κ2) is 10.1. The van der Waals surface area contributed by atoms with Crippen LogP contribution in [0.1, 0.15) is 24.4 Å². The molecule has 0 aliphatic carbocycles. The van der Waals surface area contributed by atoms with Gasteiger partial charge in [0.1, 0.15) is 17.3 Å². The predicted molar refractivity (Wildman–Crippen MR) is 129 cm³/mol. The molecule has 3 aromatic rings. The Kier molecular flexibility index (Phi) is 7.03. The Balaban J connectivity index is 1.70. The Hall–Kier alpha value is -3.58. The minimum atomic E-state index is -0.621. The number of ether oxygens (including phenoxy) is 2. The summed E-state index contributed by atoms with van der Waals surface area (Å²) in [5.74, 6) is -0.200. The van der Waals surface area contributed by atoms with Crippen molar-refractivity contribution in [1.29, 1.82) is 0 Å². The molecule has 2 atom stereocenters. The normalized spacial score (nSPS) is 17.9. The summed E-state index contributed by atoms with van der Waals surface area (Å²) in [6.45, 7) is 0. The van der Waals surface area contributed by atoms with Crippen molar-refractivity contribution in [2.75, 3.05) is 24.4 Å². The van der Waals surface area contributed by atoms with Crippen molar-refractivity contribution in [1.82, 2.24) is 0 Å². The van der Waals surface area contributed by atoms with E-state index in [9.17, 15) is 14.0 Å². The van der Waals surface area contributed by atoms with E-state index in [1.54, 1.807) is 66.6 Å². The number of anilines is 2. The number of carbonyl (C=O) groups is 2. The number of benzene rings is 3. The number of carbonyl (C=O) groups excluding carboxylic acids is 2. The fourth-order valence-corrected chi connectivity index (χ4v) is 4.49. The van der Waals surface area contributed by atoms with Crippen LogP contribution < -0.4 is 19.7 Å². The largest absolute Gasteiger partial charge is 0.497 e. The van der Waals surface area contributed by atoms with E-state index in [0.29, 0.717) is 39.9 Å². The Morgan fingerprint density at radius 1 is 1.03 bits per heavy atom. The van der Waals surface area contributed by atoms with Crippen molar-refractivity contribution in [2.24, 2.45) is 5.92 Å². The van der Waals surface area contributed by atoms with Crippen LogP contribution >= 0.6 is 11.6 Å². The van der Waals surface area contributed by atoms with Crippen molar-refractivity contribution in [3.05, 3.63) is 83.1 Å². The summed E-state index contributed by atoms with van der Waals surface area (Å²) in [4.78, 5) is 28.2. The summed E-state index contributed by atoms with van der Waals surface area (Å²) in [6, 6.07) is 17.3. The lowest BCUT2D eigenvalue weighted by molar-refractivity contribution is -0.125. The fraction of sp³-hybridized carbons (Fsp3) is 0.231. The van der Waals surface area contributed by atoms with Crippen LogP contribution in [0.25, 0.3) is 0 Å². The molecule has 1 aliphatic rings. The average Bonchev–Trinajstić information content (AvgIpc) is 2.84. The number of hydrogen-bond acceptors (Lipinski definition) is 4. The molecule has 3 aromatic carbocycles. The average molecular weight is 483 g/mol. The van der Waals surface area contributed by atoms with Gasteiger partial charge in [-0.15, -0.1) is 0 Å². The van der Waals surface area contributed by atoms with Crippen LogP contribution in [0.4, 0.5) is 15.8 Å². The van der Waals surface area contributed by atoms with Gasteiger partial charge in [0.25, 0.3) is 0 Å². The van der Waals surface area contributed by atoms with Crippen LogP contribution in [0.3, 0.4) is 0 Å². The first-order valence-electron chi connectivity index (χ1n) is 10.8. The molecule has 34 heavy (non-hydrogen) atoms. The molecule has 0 radical (unpaired) electrons. The number of piperidine rings is 1. The summed E-state index contributed by atoms with van der Waals surface area (Å²) in [5, 5.41) is 3.28. The molecule has 6 nitrogen and oxygen atoms in total. The molecule has 0 unspecified atom stereocenters. The maximum atomic E-state index is 13.7. The third-order valence-electron chi connectivity index (χ3n) is 5.92. The minimum Gasteiger partial charge on any atom is -0.497 e. The lowest BCUT2D eigenvalue weighted by atomic mass is 9.83. The molecule has 0 saturated carbocycles. The molecule has 1 fully saturated rings. The second-order valence-corrected chi connectivity index (χ2v) is 8.35. The van der Waals surface area contributed by atoms with Crippen molar-refractivity contribution >= 4 is 34.8 Å². The van der Waals surface area contributed by atoms with Gasteiger partial charge in [0.15, 0.2) is 0 Å². The Labute approximate surface area is 202 Å². The quantitative estimate of drug-likeness (QED) is 0.495. The minimum absolute atomic E-state index is 0.115. The highest BCUT2D eigenvalue weighted by Crippen LogP contribution is 2.41. The van der Waals surface area contributed by atoms with Crippen molar-refractivity contribution in [3.63, 3.8) is 0 Å². The van der Waals surface area contributed by atoms with Crippen LogP contribution in [0, 0.1) is 11.7 Å². The molecule has 1 saturated heterocycles. The van der Waals surface area contributed by atoms with Gasteiger partial charge < -0.3 is 19.7 Å². The highest BCUT2D eigenvalue weighted by molar-refractivity contribution is 6.32. The zero-order valence-corrected chi connectivity index (χ0v) is 19.5. The first-order chi connectivity index (χ1) is 16.4. The maximum absolute atomic E-state index is 13.7. The van der Waals surface area contributed by atoms with Gasteiger partial charge >= 0.3 is 0 Å². The van der Waals surface area contributed by atoms with Crippen molar-refractivity contribution < 1.29 is 23.5 Å². The Morgan fingerprint density at radius 2 is 1.74 bits per heavy atom. The molecule has 0 spiro atoms. The molecule has 2 amide bonds. The van der Waals surface area contributed by atoms with Gasteiger partial charge in [-0.05, 0) is 66.6 Å². The fourth-order valence-electron chi connectivity index (χ4n) is 4.23. The van der Waals surface area contributed by atoms with E-state index in [0.717, 1.165) is 0 Å². The van der Waals surface area contributed by atoms with Crippen LogP contribution in [-0.4, -0.2) is 26.0 Å². The predicted octanol–water partition coefficient (Wildman–Crippen LogP) is 5.62. The third-order valence-corrected chi connectivity index (χ3v) is 6.21. The maximum Gasteiger partial charge on any atom is 0.229 e. The van der Waals surface area contributed by atoms with Gasteiger partial charge in [0.2, 0.25) is 11.8 Å². The molecular weight excluding hydrogens is 459 g/mol. The zero-order chi connectivity index (χ0) is 24.2. The number of amides is 2. The molecule has 0 bridgehead atoms. The van der Waals surface area contributed by atoms with E-state index in [1.807, 2.05) is 0 Å². The second-order valence-electron chi connectivity index (χ2n) is 7.94. The molecule has 8 heteroatoms. The molecule has 1 N–H and O–H groups in total. The highest BCUT2D eigenvalue weighted by atomic mass is 35.5. The van der Waals surface area contributed by atoms with Crippen molar-refractivity contribution in [2.45, 2.75) is 18.9 Å². The standard InChI is InChI=1S/C26H24ClFN2O4/c1-33-20-10-8-19(9-11-20)30-24(31)14-12-21(25(30)16-3-5-17(28)6-4-16)26(32)29-18-7-13-23(34-2)22(27)15-18/h3-11,13,15,21,25H,12,14H2,1-2H3,(H,29,32)/t21-,25-/m1/s1. The number of halogens is 2. The first-order valence-corrected chi connectivity index (χ1v) is 11.1. The van der Waals surface area contributed by atoms with Gasteiger partial charge in [-0.1, -0.05) is 23.7 Å². The van der Waals surface area contributed by atoms with Crippen molar-refractivity contribution in [3.8, 4) is 11.5 Å². The van der Waals surface area contributed by atoms with E-state index in [2.05, 4.69) is 5.32 Å². The van der Waals surface area contributed by atoms with Gasteiger partial charge in [-0.25, -0.2) is 4.39 Å². The highest BCUT2D eigenvalue weighted by Gasteiger charge is 2.41. The first kappa shape index (κ1) is 23.6. The smallest absolute Gasteiger partial charge is 0.229 e. The summed E-state index contributed by atoms with van der Waals surface area (Å²) in [7, 11) is 3.08.